The summed E-state index contributed by atoms with van der Waals surface area (Å²) in [7, 11) is 1.60. The molecule has 2 unspecified atom stereocenters. The fraction of sp³-hybridized carbons (Fsp3) is 0.462. The smallest absolute Gasteiger partial charge is 0.248 e. The SMILES string of the molecule is COc1ccc(C(N)=O)cc1NC1CCOC1C. The molecule has 5 heteroatoms. The van der Waals surface area contributed by atoms with Crippen LogP contribution in [0.15, 0.2) is 18.2 Å². The third-order valence-electron chi connectivity index (χ3n) is 3.20. The highest BCUT2D eigenvalue weighted by Gasteiger charge is 2.25. The highest BCUT2D eigenvalue weighted by Crippen LogP contribution is 2.28. The van der Waals surface area contributed by atoms with Crippen LogP contribution in [0.25, 0.3) is 0 Å². The molecular weight excluding hydrogens is 232 g/mol. The first-order chi connectivity index (χ1) is 8.61. The van der Waals surface area contributed by atoms with E-state index in [-0.39, 0.29) is 12.1 Å². The third kappa shape index (κ3) is 2.56. The molecule has 1 aromatic rings. The minimum Gasteiger partial charge on any atom is -0.495 e. The number of ether oxygens (including phenoxy) is 2. The van der Waals surface area contributed by atoms with E-state index in [9.17, 15) is 4.79 Å². The Kier molecular flexibility index (Phi) is 3.72. The molecule has 0 radical (unpaired) electrons. The van der Waals surface area contributed by atoms with Gasteiger partial charge in [-0.3, -0.25) is 4.79 Å². The largest absolute Gasteiger partial charge is 0.495 e. The van der Waals surface area contributed by atoms with E-state index in [1.807, 2.05) is 6.92 Å². The molecule has 0 spiro atoms. The first-order valence-electron chi connectivity index (χ1n) is 5.98. The van der Waals surface area contributed by atoms with Crippen LogP contribution in [-0.4, -0.2) is 31.8 Å². The lowest BCUT2D eigenvalue weighted by atomic mass is 10.1. The van der Waals surface area contributed by atoms with Crippen molar-refractivity contribution in [2.75, 3.05) is 19.0 Å². The fourth-order valence-corrected chi connectivity index (χ4v) is 2.10. The van der Waals surface area contributed by atoms with Crippen LogP contribution in [0.4, 0.5) is 5.69 Å². The van der Waals surface area contributed by atoms with Gasteiger partial charge in [-0.1, -0.05) is 0 Å². The highest BCUT2D eigenvalue weighted by atomic mass is 16.5. The molecule has 1 aromatic carbocycles. The lowest BCUT2D eigenvalue weighted by Gasteiger charge is -2.19. The minimum atomic E-state index is -0.448. The van der Waals surface area contributed by atoms with Gasteiger partial charge in [0, 0.05) is 12.2 Å². The maximum atomic E-state index is 11.2. The van der Waals surface area contributed by atoms with Gasteiger partial charge in [-0.2, -0.15) is 0 Å². The summed E-state index contributed by atoms with van der Waals surface area (Å²) in [6.45, 7) is 2.77. The molecule has 18 heavy (non-hydrogen) atoms. The molecule has 1 heterocycles. The summed E-state index contributed by atoms with van der Waals surface area (Å²) in [6, 6.07) is 5.33. The van der Waals surface area contributed by atoms with Crippen LogP contribution in [0.5, 0.6) is 5.75 Å². The zero-order chi connectivity index (χ0) is 13.1. The summed E-state index contributed by atoms with van der Waals surface area (Å²) in [5, 5.41) is 3.35. The molecule has 0 aromatic heterocycles. The lowest BCUT2D eigenvalue weighted by molar-refractivity contribution is 0.100. The van der Waals surface area contributed by atoms with Gasteiger partial charge in [0.05, 0.1) is 24.9 Å². The van der Waals surface area contributed by atoms with Gasteiger partial charge < -0.3 is 20.5 Å². The van der Waals surface area contributed by atoms with Crippen LogP contribution in [0, 0.1) is 0 Å². The van der Waals surface area contributed by atoms with Crippen LogP contribution >= 0.6 is 0 Å². The van der Waals surface area contributed by atoms with Crippen molar-refractivity contribution in [1.29, 1.82) is 0 Å². The summed E-state index contributed by atoms with van der Waals surface area (Å²) >= 11 is 0. The number of hydrogen-bond acceptors (Lipinski definition) is 4. The van der Waals surface area contributed by atoms with Crippen molar-refractivity contribution in [3.8, 4) is 5.75 Å². The van der Waals surface area contributed by atoms with Crippen molar-refractivity contribution < 1.29 is 14.3 Å². The van der Waals surface area contributed by atoms with Gasteiger partial charge in [0.2, 0.25) is 5.91 Å². The van der Waals surface area contributed by atoms with Crippen LogP contribution < -0.4 is 15.8 Å². The topological polar surface area (TPSA) is 73.6 Å². The Morgan fingerprint density at radius 1 is 1.56 bits per heavy atom. The second-order valence-electron chi connectivity index (χ2n) is 4.39. The molecule has 98 valence electrons. The number of anilines is 1. The number of methoxy groups -OCH3 is 1. The standard InChI is InChI=1S/C13H18N2O3/c1-8-10(5-6-18-8)15-11-7-9(13(14)16)3-4-12(11)17-2/h3-4,7-8,10,15H,5-6H2,1-2H3,(H2,14,16). The number of nitrogens with one attached hydrogen (secondary N) is 1. The zero-order valence-corrected chi connectivity index (χ0v) is 10.6. The summed E-state index contributed by atoms with van der Waals surface area (Å²) in [4.78, 5) is 11.2. The average Bonchev–Trinajstić information content (AvgIpc) is 2.75. The minimum absolute atomic E-state index is 0.145. The van der Waals surface area contributed by atoms with Gasteiger partial charge in [0.15, 0.2) is 0 Å². The Hall–Kier alpha value is -1.75. The molecule has 1 aliphatic heterocycles. The Morgan fingerprint density at radius 2 is 2.33 bits per heavy atom. The maximum Gasteiger partial charge on any atom is 0.248 e. The van der Waals surface area contributed by atoms with E-state index in [1.54, 1.807) is 25.3 Å². The van der Waals surface area contributed by atoms with Gasteiger partial charge in [0.1, 0.15) is 5.75 Å². The number of rotatable bonds is 4. The van der Waals surface area contributed by atoms with E-state index in [0.29, 0.717) is 11.3 Å². The predicted molar refractivity (Wildman–Crippen MR) is 69.0 cm³/mol. The molecule has 1 saturated heterocycles. The van der Waals surface area contributed by atoms with Gasteiger partial charge in [-0.05, 0) is 31.5 Å². The second-order valence-corrected chi connectivity index (χ2v) is 4.39. The van der Waals surface area contributed by atoms with E-state index in [4.69, 9.17) is 15.2 Å². The molecule has 0 aliphatic carbocycles. The Morgan fingerprint density at radius 3 is 2.89 bits per heavy atom. The molecule has 5 nitrogen and oxygen atoms in total. The number of hydrogen-bond donors (Lipinski definition) is 2. The number of amides is 1. The fourth-order valence-electron chi connectivity index (χ4n) is 2.10. The van der Waals surface area contributed by atoms with Crippen LogP contribution in [-0.2, 0) is 4.74 Å². The monoisotopic (exact) mass is 250 g/mol. The van der Waals surface area contributed by atoms with Crippen molar-refractivity contribution in [3.05, 3.63) is 23.8 Å². The van der Waals surface area contributed by atoms with Crippen LogP contribution in [0.3, 0.4) is 0 Å². The van der Waals surface area contributed by atoms with Gasteiger partial charge in [-0.15, -0.1) is 0 Å². The van der Waals surface area contributed by atoms with E-state index in [0.717, 1.165) is 18.7 Å². The zero-order valence-electron chi connectivity index (χ0n) is 10.6. The molecule has 3 N–H and O–H groups in total. The number of primary amides is 1. The quantitative estimate of drug-likeness (QED) is 0.846. The molecule has 0 saturated carbocycles. The molecule has 0 bridgehead atoms. The van der Waals surface area contributed by atoms with Crippen molar-refractivity contribution in [3.63, 3.8) is 0 Å². The molecule has 1 fully saturated rings. The predicted octanol–water partition coefficient (Wildman–Crippen LogP) is 1.38. The number of carbonyl (C=O) groups is 1. The molecule has 2 rings (SSSR count). The van der Waals surface area contributed by atoms with Gasteiger partial charge >= 0.3 is 0 Å². The van der Waals surface area contributed by atoms with E-state index < -0.39 is 5.91 Å². The van der Waals surface area contributed by atoms with E-state index in [1.165, 1.54) is 0 Å². The molecule has 1 aliphatic rings. The highest BCUT2D eigenvalue weighted by molar-refractivity contribution is 5.94. The van der Waals surface area contributed by atoms with E-state index >= 15 is 0 Å². The summed E-state index contributed by atoms with van der Waals surface area (Å²) in [5.74, 6) is 0.246. The summed E-state index contributed by atoms with van der Waals surface area (Å²) in [6.07, 6.45) is 1.08. The first-order valence-corrected chi connectivity index (χ1v) is 5.98. The van der Waals surface area contributed by atoms with Crippen molar-refractivity contribution in [1.82, 2.24) is 0 Å². The van der Waals surface area contributed by atoms with Crippen molar-refractivity contribution >= 4 is 11.6 Å². The molecule has 2 atom stereocenters. The molecular formula is C13H18N2O3. The third-order valence-corrected chi connectivity index (χ3v) is 3.20. The van der Waals surface area contributed by atoms with Crippen molar-refractivity contribution in [2.45, 2.75) is 25.5 Å². The van der Waals surface area contributed by atoms with E-state index in [2.05, 4.69) is 5.32 Å². The van der Waals surface area contributed by atoms with Gasteiger partial charge in [0.25, 0.3) is 0 Å². The Bertz CT molecular complexity index is 448. The number of carbonyl (C=O) groups excluding carboxylic acids is 1. The Balaban J connectivity index is 2.23. The summed E-state index contributed by atoms with van der Waals surface area (Å²) in [5.41, 5.74) is 6.51. The summed E-state index contributed by atoms with van der Waals surface area (Å²) < 4.78 is 10.8. The molecule has 1 amide bonds. The normalized spacial score (nSPS) is 22.8. The lowest BCUT2D eigenvalue weighted by Crippen LogP contribution is -2.27. The van der Waals surface area contributed by atoms with Crippen LogP contribution in [0.2, 0.25) is 0 Å². The number of nitrogens with two attached hydrogens (primary N) is 1. The average molecular weight is 250 g/mol. The van der Waals surface area contributed by atoms with Crippen molar-refractivity contribution in [2.24, 2.45) is 5.73 Å². The van der Waals surface area contributed by atoms with Crippen LogP contribution in [0.1, 0.15) is 23.7 Å². The second kappa shape index (κ2) is 5.27. The van der Waals surface area contributed by atoms with Gasteiger partial charge in [-0.25, -0.2) is 0 Å². The Labute approximate surface area is 106 Å². The first kappa shape index (κ1) is 12.7. The maximum absolute atomic E-state index is 11.2. The number of benzene rings is 1.